The van der Waals surface area contributed by atoms with Crippen molar-refractivity contribution < 1.29 is 22.7 Å². The van der Waals surface area contributed by atoms with Crippen molar-refractivity contribution >= 4 is 27.5 Å². The molecule has 0 fully saturated rings. The highest BCUT2D eigenvalue weighted by Gasteiger charge is 2.32. The first-order valence-electron chi connectivity index (χ1n) is 12.2. The number of nitrogens with zero attached hydrogens (tertiary/aromatic N) is 2. The summed E-state index contributed by atoms with van der Waals surface area (Å²) in [6.45, 7) is 9.69. The fourth-order valence-corrected chi connectivity index (χ4v) is 4.69. The Bertz CT molecular complexity index is 1100. The van der Waals surface area contributed by atoms with Crippen LogP contribution in [0, 0.1) is 0 Å². The summed E-state index contributed by atoms with van der Waals surface area (Å²) in [5.41, 5.74) is 0.900. The van der Waals surface area contributed by atoms with E-state index in [0.717, 1.165) is 16.1 Å². The molecule has 1 atom stereocenters. The molecule has 0 heterocycles. The van der Waals surface area contributed by atoms with E-state index in [0.29, 0.717) is 30.9 Å². The Morgan fingerprint density at radius 3 is 2.11 bits per heavy atom. The van der Waals surface area contributed by atoms with Crippen LogP contribution < -0.4 is 14.4 Å². The predicted octanol–water partition coefficient (Wildman–Crippen LogP) is 3.62. The Labute approximate surface area is 215 Å². The minimum Gasteiger partial charge on any atom is -0.494 e. The Morgan fingerprint density at radius 1 is 1.00 bits per heavy atom. The van der Waals surface area contributed by atoms with Crippen molar-refractivity contribution in [1.29, 1.82) is 0 Å². The van der Waals surface area contributed by atoms with Crippen LogP contribution in [0.4, 0.5) is 5.69 Å². The van der Waals surface area contributed by atoms with Crippen molar-refractivity contribution in [3.8, 4) is 5.75 Å². The standard InChI is InChI=1S/C27H39N3O5S/c1-7-24(26(32)28-27(3,4)5)29(19-18-21-12-10-9-11-13-21)25(31)20-30(36(6,33)34)22-14-16-23(17-15-22)35-8-2/h9-17,24H,7-8,18-20H2,1-6H3,(H,28,32). The van der Waals surface area contributed by atoms with Crippen LogP contribution in [-0.2, 0) is 26.0 Å². The van der Waals surface area contributed by atoms with Crippen LogP contribution >= 0.6 is 0 Å². The molecule has 0 saturated carbocycles. The van der Waals surface area contributed by atoms with Crippen molar-refractivity contribution in [2.75, 3.05) is 30.3 Å². The summed E-state index contributed by atoms with van der Waals surface area (Å²) in [5.74, 6) is -0.102. The first-order valence-corrected chi connectivity index (χ1v) is 14.1. The van der Waals surface area contributed by atoms with E-state index in [2.05, 4.69) is 5.32 Å². The average Bonchev–Trinajstić information content (AvgIpc) is 2.79. The zero-order chi connectivity index (χ0) is 26.9. The third-order valence-corrected chi connectivity index (χ3v) is 6.62. The predicted molar refractivity (Wildman–Crippen MR) is 144 cm³/mol. The molecule has 2 amide bonds. The summed E-state index contributed by atoms with van der Waals surface area (Å²) in [6, 6.07) is 15.5. The van der Waals surface area contributed by atoms with Crippen molar-refractivity contribution in [3.63, 3.8) is 0 Å². The fraction of sp³-hybridized carbons (Fsp3) is 0.481. The number of hydrogen-bond donors (Lipinski definition) is 1. The summed E-state index contributed by atoms with van der Waals surface area (Å²) in [4.78, 5) is 28.3. The molecular weight excluding hydrogens is 478 g/mol. The van der Waals surface area contributed by atoms with Crippen molar-refractivity contribution in [1.82, 2.24) is 10.2 Å². The quantitative estimate of drug-likeness (QED) is 0.464. The van der Waals surface area contributed by atoms with Gasteiger partial charge in [-0.3, -0.25) is 13.9 Å². The molecule has 0 aromatic heterocycles. The van der Waals surface area contributed by atoms with Gasteiger partial charge in [0.05, 0.1) is 18.6 Å². The molecule has 36 heavy (non-hydrogen) atoms. The van der Waals surface area contributed by atoms with Gasteiger partial charge in [-0.1, -0.05) is 37.3 Å². The van der Waals surface area contributed by atoms with Gasteiger partial charge in [-0.05, 0) is 70.4 Å². The normalized spacial score (nSPS) is 12.5. The first-order chi connectivity index (χ1) is 16.9. The number of carbonyl (C=O) groups excluding carboxylic acids is 2. The maximum Gasteiger partial charge on any atom is 0.244 e. The average molecular weight is 518 g/mol. The van der Waals surface area contributed by atoms with E-state index >= 15 is 0 Å². The second-order valence-electron chi connectivity index (χ2n) is 9.68. The van der Waals surface area contributed by atoms with Crippen LogP contribution in [0.15, 0.2) is 54.6 Å². The number of rotatable bonds is 12. The SMILES string of the molecule is CCOc1ccc(N(CC(=O)N(CCc2ccccc2)C(CC)C(=O)NC(C)(C)C)S(C)(=O)=O)cc1. The van der Waals surface area contributed by atoms with Gasteiger partial charge in [0.2, 0.25) is 21.8 Å². The van der Waals surface area contributed by atoms with Gasteiger partial charge in [0, 0.05) is 12.1 Å². The van der Waals surface area contributed by atoms with Crippen molar-refractivity contribution in [3.05, 3.63) is 60.2 Å². The van der Waals surface area contributed by atoms with E-state index in [4.69, 9.17) is 4.74 Å². The number of carbonyl (C=O) groups is 2. The first kappa shape index (κ1) is 29.2. The molecule has 0 saturated heterocycles. The van der Waals surface area contributed by atoms with Crippen molar-refractivity contribution in [2.24, 2.45) is 0 Å². The Hall–Kier alpha value is -3.07. The highest BCUT2D eigenvalue weighted by molar-refractivity contribution is 7.92. The molecule has 0 radical (unpaired) electrons. The van der Waals surface area contributed by atoms with Gasteiger partial charge in [-0.15, -0.1) is 0 Å². The van der Waals surface area contributed by atoms with Gasteiger partial charge in [0.1, 0.15) is 18.3 Å². The number of benzene rings is 2. The molecule has 1 unspecified atom stereocenters. The molecular formula is C27H39N3O5S. The molecule has 9 heteroatoms. The molecule has 8 nitrogen and oxygen atoms in total. The molecule has 0 bridgehead atoms. The highest BCUT2D eigenvalue weighted by atomic mass is 32.2. The van der Waals surface area contributed by atoms with Crippen LogP contribution in [0.2, 0.25) is 0 Å². The van der Waals surface area contributed by atoms with Gasteiger partial charge in [-0.2, -0.15) is 0 Å². The van der Waals surface area contributed by atoms with Crippen molar-refractivity contribution in [2.45, 2.75) is 59.0 Å². The number of amides is 2. The van der Waals surface area contributed by atoms with E-state index in [9.17, 15) is 18.0 Å². The maximum atomic E-state index is 13.6. The molecule has 198 valence electrons. The zero-order valence-electron chi connectivity index (χ0n) is 22.2. The lowest BCUT2D eigenvalue weighted by Gasteiger charge is -2.34. The molecule has 0 aliphatic carbocycles. The summed E-state index contributed by atoms with van der Waals surface area (Å²) >= 11 is 0. The number of anilines is 1. The van der Waals surface area contributed by atoms with Crippen LogP contribution in [0.25, 0.3) is 0 Å². The summed E-state index contributed by atoms with van der Waals surface area (Å²) in [6.07, 6.45) is 1.99. The molecule has 1 N–H and O–H groups in total. The smallest absolute Gasteiger partial charge is 0.244 e. The van der Waals surface area contributed by atoms with E-state index in [1.807, 2.05) is 65.0 Å². The molecule has 0 aliphatic rings. The molecule has 0 spiro atoms. The lowest BCUT2D eigenvalue weighted by molar-refractivity contribution is -0.140. The van der Waals surface area contributed by atoms with Gasteiger partial charge in [-0.25, -0.2) is 8.42 Å². The van der Waals surface area contributed by atoms with Gasteiger partial charge >= 0.3 is 0 Å². The van der Waals surface area contributed by atoms with E-state index in [1.165, 1.54) is 4.90 Å². The minimum absolute atomic E-state index is 0.265. The number of sulfonamides is 1. The van der Waals surface area contributed by atoms with E-state index < -0.39 is 34.1 Å². The van der Waals surface area contributed by atoms with E-state index in [1.54, 1.807) is 24.3 Å². The molecule has 2 aromatic carbocycles. The number of nitrogens with one attached hydrogen (secondary N) is 1. The third-order valence-electron chi connectivity index (χ3n) is 5.48. The largest absolute Gasteiger partial charge is 0.494 e. The van der Waals surface area contributed by atoms with E-state index in [-0.39, 0.29) is 12.5 Å². The van der Waals surface area contributed by atoms with Crippen LogP contribution in [0.3, 0.4) is 0 Å². The lowest BCUT2D eigenvalue weighted by Crippen LogP contribution is -2.56. The zero-order valence-corrected chi connectivity index (χ0v) is 23.0. The Kier molecular flexibility index (Phi) is 10.3. The third kappa shape index (κ3) is 8.86. The van der Waals surface area contributed by atoms with Gasteiger partial charge in [0.25, 0.3) is 0 Å². The lowest BCUT2D eigenvalue weighted by atomic mass is 10.1. The van der Waals surface area contributed by atoms with Gasteiger partial charge in [0.15, 0.2) is 0 Å². The highest BCUT2D eigenvalue weighted by Crippen LogP contribution is 2.22. The second kappa shape index (κ2) is 12.8. The minimum atomic E-state index is -3.78. The Morgan fingerprint density at radius 2 is 1.61 bits per heavy atom. The maximum absolute atomic E-state index is 13.6. The second-order valence-corrected chi connectivity index (χ2v) is 11.6. The summed E-state index contributed by atoms with van der Waals surface area (Å²) in [5, 5.41) is 2.96. The summed E-state index contributed by atoms with van der Waals surface area (Å²) < 4.78 is 31.9. The molecule has 2 aromatic rings. The monoisotopic (exact) mass is 517 g/mol. The summed E-state index contributed by atoms with van der Waals surface area (Å²) in [7, 11) is -3.78. The molecule has 0 aliphatic heterocycles. The Balaban J connectivity index is 2.36. The fourth-order valence-electron chi connectivity index (χ4n) is 3.84. The number of hydrogen-bond acceptors (Lipinski definition) is 5. The van der Waals surface area contributed by atoms with Crippen LogP contribution in [0.5, 0.6) is 5.75 Å². The topological polar surface area (TPSA) is 96.0 Å². The van der Waals surface area contributed by atoms with Gasteiger partial charge < -0.3 is 15.0 Å². The molecule has 2 rings (SSSR count). The van der Waals surface area contributed by atoms with Crippen LogP contribution in [0.1, 0.15) is 46.6 Å². The number of ether oxygens (including phenoxy) is 1. The van der Waals surface area contributed by atoms with Crippen LogP contribution in [-0.4, -0.2) is 62.7 Å².